The van der Waals surface area contributed by atoms with E-state index < -0.39 is 0 Å². The number of carbonyl (C=O) groups is 8. The second kappa shape index (κ2) is 22.1. The summed E-state index contributed by atoms with van der Waals surface area (Å²) in [6.07, 6.45) is 0. The van der Waals surface area contributed by atoms with Gasteiger partial charge in [-0.3, -0.25) is 29.0 Å². The number of amides is 8. The molecule has 72 heavy (non-hydrogen) atoms. The van der Waals surface area contributed by atoms with Crippen LogP contribution < -0.4 is 17.8 Å². The molecule has 0 aliphatic carbocycles. The van der Waals surface area contributed by atoms with Gasteiger partial charge in [-0.05, 0) is 69.3 Å². The van der Waals surface area contributed by atoms with Gasteiger partial charge in [0.05, 0.1) is 6.54 Å². The van der Waals surface area contributed by atoms with Crippen LogP contribution in [0.4, 0.5) is 0 Å². The van der Waals surface area contributed by atoms with Crippen LogP contribution in [-0.2, 0) is 51.4 Å². The number of nitrogens with zero attached hydrogens (tertiary/aromatic N) is 4. The van der Waals surface area contributed by atoms with Crippen molar-refractivity contribution in [2.75, 3.05) is 14.1 Å². The molecule has 0 atom stereocenters. The van der Waals surface area contributed by atoms with E-state index in [1.807, 2.05) is 84.9 Å². The molecule has 0 saturated heterocycles. The van der Waals surface area contributed by atoms with E-state index in [4.69, 9.17) is 0 Å². The van der Waals surface area contributed by atoms with Gasteiger partial charge < -0.3 is 0 Å². The van der Waals surface area contributed by atoms with Gasteiger partial charge in [-0.1, -0.05) is 30.3 Å². The van der Waals surface area contributed by atoms with Crippen LogP contribution in [-0.4, -0.2) is 141 Å². The average molecular weight is 1480 g/mol. The zero-order valence-corrected chi connectivity index (χ0v) is 50.5. The number of hydrogen-bond donors (Lipinski definition) is 0. The van der Waals surface area contributed by atoms with Gasteiger partial charge >= 0.3 is 292 Å². The number of rotatable bonds is 4. The summed E-state index contributed by atoms with van der Waals surface area (Å²) < 4.78 is 9.02. The monoisotopic (exact) mass is 1480 g/mol. The second-order valence-electron chi connectivity index (χ2n) is 15.9. The Hall–Kier alpha value is -4.64. The Labute approximate surface area is 470 Å². The molecule has 12 rings (SSSR count). The molecule has 0 bridgehead atoms. The molecular formula is C52H32Br4N4O8Se4. The fraction of sp³-hybridized carbons (Fsp3) is 0.0769. The summed E-state index contributed by atoms with van der Waals surface area (Å²) in [5.41, 5.74) is 1.90. The van der Waals surface area contributed by atoms with Crippen molar-refractivity contribution < 1.29 is 38.4 Å². The third-order valence-corrected chi connectivity index (χ3v) is 26.3. The minimum atomic E-state index is -0.308. The van der Waals surface area contributed by atoms with E-state index in [-0.39, 0.29) is 116 Å². The molecule has 0 radical (unpaired) electrons. The number of hydrogen-bond acceptors (Lipinski definition) is 8. The van der Waals surface area contributed by atoms with Crippen molar-refractivity contribution >= 4 is 210 Å². The quantitative estimate of drug-likeness (QED) is 0.185. The fourth-order valence-electron chi connectivity index (χ4n) is 7.72. The van der Waals surface area contributed by atoms with Gasteiger partial charge in [-0.15, -0.1) is 0 Å². The van der Waals surface area contributed by atoms with Crippen LogP contribution in [0.1, 0.15) is 11.1 Å². The van der Waals surface area contributed by atoms with E-state index in [1.165, 1.54) is 61.1 Å². The van der Waals surface area contributed by atoms with Gasteiger partial charge in [0.15, 0.2) is 0 Å². The molecule has 6 aliphatic heterocycles. The fourth-order valence-corrected chi connectivity index (χ4v) is 21.0. The second-order valence-corrected chi connectivity index (χ2v) is 27.9. The Morgan fingerprint density at radius 2 is 0.611 bits per heavy atom. The molecule has 8 amide bonds. The molecule has 360 valence electrons. The molecule has 0 aromatic heterocycles. The average Bonchev–Trinajstić information content (AvgIpc) is 3.72. The predicted octanol–water partition coefficient (Wildman–Crippen LogP) is 4.56. The summed E-state index contributed by atoms with van der Waals surface area (Å²) in [4.78, 5) is 101. The summed E-state index contributed by atoms with van der Waals surface area (Å²) in [5.74, 6) is -1.62. The van der Waals surface area contributed by atoms with Gasteiger partial charge in [-0.25, -0.2) is 0 Å². The number of benzene rings is 6. The Bertz CT molecular complexity index is 3360. The zero-order valence-electron chi connectivity index (χ0n) is 37.3. The van der Waals surface area contributed by atoms with Crippen molar-refractivity contribution in [2.24, 2.45) is 0 Å². The van der Waals surface area contributed by atoms with Crippen LogP contribution in [0.25, 0.3) is 21.5 Å². The third kappa shape index (κ3) is 10.1. The normalized spacial score (nSPS) is 17.1. The molecule has 6 aromatic carbocycles. The van der Waals surface area contributed by atoms with E-state index >= 15 is 0 Å². The first kappa shape index (κ1) is 52.2. The minimum absolute atomic E-state index is 0.0826. The summed E-state index contributed by atoms with van der Waals surface area (Å²) in [7, 11) is 3.01. The van der Waals surface area contributed by atoms with Crippen LogP contribution in [0.3, 0.4) is 0 Å². The number of carbonyl (C=O) groups excluding carboxylic acids is 8. The van der Waals surface area contributed by atoms with E-state index in [2.05, 4.69) is 112 Å². The van der Waals surface area contributed by atoms with Crippen LogP contribution >= 0.6 is 63.7 Å². The summed E-state index contributed by atoms with van der Waals surface area (Å²) in [6.45, 7) is 0.645. The van der Waals surface area contributed by atoms with Gasteiger partial charge in [0.2, 0.25) is 0 Å². The molecule has 0 unspecified atom stereocenters. The first-order valence-corrected chi connectivity index (χ1v) is 31.4. The molecule has 6 heterocycles. The Morgan fingerprint density at radius 3 is 0.917 bits per heavy atom. The maximum atomic E-state index is 13.1. The van der Waals surface area contributed by atoms with Crippen LogP contribution in [0.15, 0.2) is 169 Å². The topological polar surface area (TPSA) is 150 Å². The van der Waals surface area contributed by atoms with Crippen molar-refractivity contribution in [1.82, 2.24) is 19.6 Å². The molecule has 6 aliphatic rings. The SMILES string of the molecule is CN1C(=O)C(Br)=C(Br)C1=O.CN1C(=O)C2=C([Se]c3cccc4cccc(c34)[Se]2)C1=O.O=C1C(Br)=C(Br)C(=O)N1Cc1ccccc1.O=C1C2=C([Se]c3cccc4cccc(c34)[Se]2)C(=O)N1Cc1ccccc1. The zero-order chi connectivity index (χ0) is 51.1. The van der Waals surface area contributed by atoms with Gasteiger partial charge in [0.25, 0.3) is 23.6 Å². The van der Waals surface area contributed by atoms with Crippen molar-refractivity contribution in [3.8, 4) is 0 Å². The van der Waals surface area contributed by atoms with Crippen LogP contribution in [0.5, 0.6) is 0 Å². The molecule has 0 spiro atoms. The number of likely N-dealkylation sites (N-methyl/N-ethyl adjacent to an activating group) is 2. The molecule has 20 heteroatoms. The van der Waals surface area contributed by atoms with Crippen LogP contribution in [0.2, 0.25) is 0 Å². The van der Waals surface area contributed by atoms with Crippen LogP contribution in [0, 0.1) is 0 Å². The van der Waals surface area contributed by atoms with E-state index in [0.717, 1.165) is 33.9 Å². The van der Waals surface area contributed by atoms with E-state index in [9.17, 15) is 38.4 Å². The van der Waals surface area contributed by atoms with E-state index in [0.29, 0.717) is 22.1 Å². The molecular weight excluding hydrogens is 1440 g/mol. The van der Waals surface area contributed by atoms with Crippen molar-refractivity contribution in [3.05, 3.63) is 180 Å². The first-order chi connectivity index (χ1) is 34.5. The van der Waals surface area contributed by atoms with Gasteiger partial charge in [-0.2, -0.15) is 0 Å². The number of halogens is 4. The van der Waals surface area contributed by atoms with Gasteiger partial charge in [0.1, 0.15) is 17.9 Å². The van der Waals surface area contributed by atoms with E-state index in [1.54, 1.807) is 7.05 Å². The molecule has 6 aromatic rings. The van der Waals surface area contributed by atoms with Crippen molar-refractivity contribution in [1.29, 1.82) is 0 Å². The Morgan fingerprint density at radius 1 is 0.333 bits per heavy atom. The standard InChI is InChI=1S/C21H13NO2Se2.C15H9NO2Se2.C11H7Br2NO2.C5H3Br2NO2/c23-20-18-19(21(24)22(20)12-13-6-2-1-3-7-13)26-16-11-5-9-14-8-4-10-15(25-18)17(14)16;1-16-14(17)12-13(15(16)18)20-10-7-3-5-8-4-2-6-9(19-12)11(8)10;12-8-9(13)11(16)14(10(8)15)6-7-4-2-1-3-5-7;1-8-4(9)2(6)3(7)5(8)10/h1-11H,12H2;2-7H,1H3;1-5H,6H2;1H3. The van der Waals surface area contributed by atoms with Crippen molar-refractivity contribution in [2.45, 2.75) is 13.1 Å². The predicted molar refractivity (Wildman–Crippen MR) is 293 cm³/mol. The summed E-state index contributed by atoms with van der Waals surface area (Å²) >= 11 is 11.7. The summed E-state index contributed by atoms with van der Waals surface area (Å²) in [5, 5.41) is 4.91. The molecule has 0 saturated carbocycles. The molecule has 12 nitrogen and oxygen atoms in total. The maximum absolute atomic E-state index is 13.1. The van der Waals surface area contributed by atoms with Gasteiger partial charge in [0, 0.05) is 7.05 Å². The summed E-state index contributed by atoms with van der Waals surface area (Å²) in [6, 6.07) is 44.1. The van der Waals surface area contributed by atoms with Crippen molar-refractivity contribution in [3.63, 3.8) is 0 Å². The Kier molecular flexibility index (Phi) is 16.0. The number of imide groups is 4. The first-order valence-electron chi connectivity index (χ1n) is 21.3. The molecule has 0 N–H and O–H groups in total. The molecule has 0 fully saturated rings. The third-order valence-electron chi connectivity index (χ3n) is 11.4. The Balaban J connectivity index is 0.000000125.